The molecular formula is C42H45N. The molecule has 0 N–H and O–H groups in total. The van der Waals surface area contributed by atoms with Crippen molar-refractivity contribution in [3.63, 3.8) is 0 Å². The second-order valence-corrected chi connectivity index (χ2v) is 14.0. The lowest BCUT2D eigenvalue weighted by atomic mass is 9.78. The molecule has 1 nitrogen and oxygen atoms in total. The summed E-state index contributed by atoms with van der Waals surface area (Å²) in [6.45, 7) is 20.6. The van der Waals surface area contributed by atoms with Crippen molar-refractivity contribution in [3.05, 3.63) is 119 Å². The molecule has 1 heteroatoms. The molecule has 0 amide bonds. The maximum atomic E-state index is 5.64. The van der Waals surface area contributed by atoms with Crippen LogP contribution in [0.2, 0.25) is 0 Å². The van der Waals surface area contributed by atoms with Gasteiger partial charge in [-0.25, -0.2) is 0 Å². The Morgan fingerprint density at radius 1 is 0.767 bits per heavy atom. The summed E-state index contributed by atoms with van der Waals surface area (Å²) in [4.78, 5) is 0. The molecule has 1 aromatic heterocycles. The lowest BCUT2D eigenvalue weighted by molar-refractivity contribution is 0.569. The van der Waals surface area contributed by atoms with Crippen molar-refractivity contribution in [1.82, 2.24) is 4.57 Å². The Labute approximate surface area is 259 Å². The van der Waals surface area contributed by atoms with Crippen LogP contribution < -0.4 is 0 Å². The number of fused-ring (bicyclic) bond motifs is 3. The number of aromatic nitrogens is 1. The second-order valence-electron chi connectivity index (χ2n) is 14.0. The summed E-state index contributed by atoms with van der Waals surface area (Å²) in [6, 6.07) is 29.4. The zero-order chi connectivity index (χ0) is 31.1. The fourth-order valence-corrected chi connectivity index (χ4v) is 6.25. The molecule has 0 aliphatic rings. The fraction of sp³-hybridized carbons (Fsp3) is 0.286. The Hall–Kier alpha value is -4.28. The first-order valence-corrected chi connectivity index (χ1v) is 15.5. The number of rotatable bonds is 5. The van der Waals surface area contributed by atoms with Gasteiger partial charge in [0.05, 0.1) is 11.0 Å². The molecule has 0 unspecified atom stereocenters. The Morgan fingerprint density at radius 3 is 1.95 bits per heavy atom. The largest absolute Gasteiger partial charge is 0.309 e. The van der Waals surface area contributed by atoms with Gasteiger partial charge in [0.1, 0.15) is 0 Å². The summed E-state index contributed by atoms with van der Waals surface area (Å²) in [6.07, 6.45) is 11.7. The van der Waals surface area contributed by atoms with Crippen molar-refractivity contribution in [2.45, 2.75) is 79.1 Å². The molecule has 0 saturated carbocycles. The summed E-state index contributed by atoms with van der Waals surface area (Å²) in [5.74, 6) is 2.98. The SMILES string of the molecule is C#C/C=C\C(=C/C)c1ccc2c(c1C(C)C)c1c(-c3cc(C(C)(C)C)cc(C(C)(C)C)c3)cccc1n2-c1ccccc1. The molecule has 0 radical (unpaired) electrons. The molecule has 0 aliphatic heterocycles. The molecule has 43 heavy (non-hydrogen) atoms. The molecule has 4 aromatic carbocycles. The minimum absolute atomic E-state index is 0.0301. The van der Waals surface area contributed by atoms with Crippen molar-refractivity contribution in [1.29, 1.82) is 0 Å². The molecular weight excluding hydrogens is 518 g/mol. The van der Waals surface area contributed by atoms with Gasteiger partial charge in [0, 0.05) is 16.5 Å². The van der Waals surface area contributed by atoms with Crippen molar-refractivity contribution < 1.29 is 0 Å². The minimum atomic E-state index is 0.0301. The van der Waals surface area contributed by atoms with E-state index in [2.05, 4.69) is 164 Å². The number of nitrogens with zero attached hydrogens (tertiary/aromatic N) is 1. The van der Waals surface area contributed by atoms with E-state index in [9.17, 15) is 0 Å². The molecule has 0 bridgehead atoms. The average molecular weight is 564 g/mol. The summed E-state index contributed by atoms with van der Waals surface area (Å²) in [5.41, 5.74) is 12.7. The maximum absolute atomic E-state index is 5.64. The quantitative estimate of drug-likeness (QED) is 0.148. The number of allylic oxidation sites excluding steroid dienone is 4. The van der Waals surface area contributed by atoms with E-state index in [1.165, 1.54) is 60.9 Å². The third kappa shape index (κ3) is 5.60. The first-order chi connectivity index (χ1) is 20.4. The lowest BCUT2D eigenvalue weighted by Gasteiger charge is -2.26. The van der Waals surface area contributed by atoms with Crippen LogP contribution in [-0.4, -0.2) is 4.57 Å². The lowest BCUT2D eigenvalue weighted by Crippen LogP contribution is -2.16. The van der Waals surface area contributed by atoms with Crippen LogP contribution in [0, 0.1) is 12.3 Å². The Kier molecular flexibility index (Phi) is 8.02. The van der Waals surface area contributed by atoms with Gasteiger partial charge in [0.2, 0.25) is 0 Å². The number of hydrogen-bond donors (Lipinski definition) is 0. The van der Waals surface area contributed by atoms with Gasteiger partial charge in [0.15, 0.2) is 0 Å². The van der Waals surface area contributed by atoms with Crippen molar-refractivity contribution in [2.75, 3.05) is 0 Å². The summed E-state index contributed by atoms with van der Waals surface area (Å²) < 4.78 is 2.44. The van der Waals surface area contributed by atoms with Gasteiger partial charge in [-0.2, -0.15) is 0 Å². The highest BCUT2D eigenvalue weighted by Gasteiger charge is 2.25. The standard InChI is InChI=1S/C42H45N/c1-11-13-18-29(12-2)35-23-24-37-40(38(35)28(3)4)39-34(21-17-22-36(39)43(37)33-19-15-14-16-20-33)30-25-31(41(5,6)7)27-32(26-30)42(8,9)10/h1,12-28H,2-10H3/b18-13-,29-12+. The first kappa shape index (κ1) is 30.2. The molecule has 1 heterocycles. The molecule has 0 atom stereocenters. The number of para-hydroxylation sites is 1. The number of hydrogen-bond acceptors (Lipinski definition) is 0. The zero-order valence-corrected chi connectivity index (χ0v) is 27.3. The summed E-state index contributed by atoms with van der Waals surface area (Å²) in [7, 11) is 0. The highest BCUT2D eigenvalue weighted by molar-refractivity contribution is 6.18. The molecule has 0 aliphatic carbocycles. The van der Waals surface area contributed by atoms with Crippen molar-refractivity contribution in [3.8, 4) is 29.2 Å². The molecule has 5 rings (SSSR count). The van der Waals surface area contributed by atoms with Crippen molar-refractivity contribution in [2.24, 2.45) is 0 Å². The van der Waals surface area contributed by atoms with Gasteiger partial charge in [-0.3, -0.25) is 0 Å². The van der Waals surface area contributed by atoms with Crippen LogP contribution in [0.4, 0.5) is 0 Å². The van der Waals surface area contributed by atoms with E-state index in [-0.39, 0.29) is 10.8 Å². The van der Waals surface area contributed by atoms with Gasteiger partial charge in [-0.1, -0.05) is 122 Å². The predicted octanol–water partition coefficient (Wildman–Crippen LogP) is 11.8. The Balaban J connectivity index is 2.01. The monoisotopic (exact) mass is 563 g/mol. The second kappa shape index (κ2) is 11.4. The number of terminal acetylenes is 1. The molecule has 0 spiro atoms. The predicted molar refractivity (Wildman–Crippen MR) is 189 cm³/mol. The Morgan fingerprint density at radius 2 is 1.40 bits per heavy atom. The van der Waals surface area contributed by atoms with E-state index in [0.717, 1.165) is 5.57 Å². The molecule has 0 saturated heterocycles. The number of benzene rings is 4. The molecule has 5 aromatic rings. The minimum Gasteiger partial charge on any atom is -0.309 e. The Bertz CT molecular complexity index is 1870. The van der Waals surface area contributed by atoms with Gasteiger partial charge in [-0.15, -0.1) is 6.42 Å². The van der Waals surface area contributed by atoms with Crippen LogP contribution in [0.5, 0.6) is 0 Å². The summed E-state index contributed by atoms with van der Waals surface area (Å²) >= 11 is 0. The maximum Gasteiger partial charge on any atom is 0.0547 e. The van der Waals surface area contributed by atoms with Crippen LogP contribution in [-0.2, 0) is 10.8 Å². The van der Waals surface area contributed by atoms with E-state index < -0.39 is 0 Å². The van der Waals surface area contributed by atoms with Gasteiger partial charge < -0.3 is 4.57 Å². The molecule has 0 fully saturated rings. The van der Waals surface area contributed by atoms with Crippen LogP contribution >= 0.6 is 0 Å². The van der Waals surface area contributed by atoms with Gasteiger partial charge in [0.25, 0.3) is 0 Å². The van der Waals surface area contributed by atoms with Gasteiger partial charge in [-0.05, 0) is 99.0 Å². The zero-order valence-electron chi connectivity index (χ0n) is 27.3. The topological polar surface area (TPSA) is 4.93 Å². The summed E-state index contributed by atoms with van der Waals surface area (Å²) in [5, 5.41) is 2.61. The first-order valence-electron chi connectivity index (χ1n) is 15.5. The van der Waals surface area contributed by atoms with Crippen LogP contribution in [0.25, 0.3) is 44.2 Å². The van der Waals surface area contributed by atoms with Crippen LogP contribution in [0.1, 0.15) is 90.5 Å². The van der Waals surface area contributed by atoms with Gasteiger partial charge >= 0.3 is 0 Å². The van der Waals surface area contributed by atoms with E-state index in [1.807, 2.05) is 0 Å². The fourth-order valence-electron chi connectivity index (χ4n) is 6.25. The third-order valence-corrected chi connectivity index (χ3v) is 8.55. The van der Waals surface area contributed by atoms with E-state index in [1.54, 1.807) is 6.08 Å². The van der Waals surface area contributed by atoms with Crippen molar-refractivity contribution >= 4 is 27.4 Å². The average Bonchev–Trinajstić information content (AvgIpc) is 3.31. The molecule has 218 valence electrons. The normalized spacial score (nSPS) is 13.0. The smallest absolute Gasteiger partial charge is 0.0547 e. The van der Waals surface area contributed by atoms with Crippen LogP contribution in [0.3, 0.4) is 0 Å². The van der Waals surface area contributed by atoms with E-state index in [4.69, 9.17) is 6.42 Å². The van der Waals surface area contributed by atoms with E-state index in [0.29, 0.717) is 5.92 Å². The van der Waals surface area contributed by atoms with Crippen LogP contribution in [0.15, 0.2) is 97.1 Å². The highest BCUT2D eigenvalue weighted by Crippen LogP contribution is 2.45. The third-order valence-electron chi connectivity index (χ3n) is 8.55. The highest BCUT2D eigenvalue weighted by atomic mass is 15.0. The van der Waals surface area contributed by atoms with E-state index >= 15 is 0 Å².